The van der Waals surface area contributed by atoms with Gasteiger partial charge >= 0.3 is 0 Å². The number of aromatic nitrogens is 1. The molecule has 0 amide bonds. The van der Waals surface area contributed by atoms with Crippen LogP contribution >= 0.6 is 0 Å². The molecule has 1 aromatic heterocycles. The summed E-state index contributed by atoms with van der Waals surface area (Å²) in [5, 5.41) is 2.11. The fourth-order valence-corrected chi connectivity index (χ4v) is 2.43. The van der Waals surface area contributed by atoms with Gasteiger partial charge in [-0.2, -0.15) is 0 Å². The predicted molar refractivity (Wildman–Crippen MR) is 86.7 cm³/mol. The normalized spacial score (nSPS) is 11.0. The number of rotatable bonds is 8. The van der Waals surface area contributed by atoms with E-state index in [-0.39, 0.29) is 0 Å². The van der Waals surface area contributed by atoms with Gasteiger partial charge in [-0.1, -0.05) is 0 Å². The van der Waals surface area contributed by atoms with Crippen molar-refractivity contribution >= 4 is 22.1 Å². The number of pyridine rings is 1. The molecule has 1 heterocycles. The summed E-state index contributed by atoms with van der Waals surface area (Å²) >= 11 is 0. The summed E-state index contributed by atoms with van der Waals surface area (Å²) in [4.78, 5) is 6.48. The molecule has 0 saturated carbocycles. The van der Waals surface area contributed by atoms with Gasteiger partial charge < -0.3 is 20.1 Å². The lowest BCUT2D eigenvalue weighted by atomic mass is 10.1. The van der Waals surface area contributed by atoms with Gasteiger partial charge in [0.25, 0.3) is 0 Å². The summed E-state index contributed by atoms with van der Waals surface area (Å²) < 4.78 is 10.4. The Morgan fingerprint density at radius 3 is 2.62 bits per heavy atom. The van der Waals surface area contributed by atoms with E-state index in [0.29, 0.717) is 6.61 Å². The van der Waals surface area contributed by atoms with Gasteiger partial charge in [0.15, 0.2) is 0 Å². The van der Waals surface area contributed by atoms with Crippen LogP contribution in [0.25, 0.3) is 10.8 Å². The van der Waals surface area contributed by atoms with Crippen LogP contribution < -0.4 is 10.6 Å². The van der Waals surface area contributed by atoms with E-state index in [0.717, 1.165) is 48.3 Å². The molecule has 0 spiro atoms. The summed E-state index contributed by atoms with van der Waals surface area (Å²) in [6.07, 6.45) is 4.59. The Balaban J connectivity index is 2.32. The van der Waals surface area contributed by atoms with Crippen LogP contribution in [0.2, 0.25) is 0 Å². The van der Waals surface area contributed by atoms with Gasteiger partial charge in [0, 0.05) is 68.5 Å². The lowest BCUT2D eigenvalue weighted by molar-refractivity contribution is 0.191. The molecule has 5 heteroatoms. The van der Waals surface area contributed by atoms with E-state index in [1.807, 2.05) is 18.3 Å². The average molecular weight is 289 g/mol. The van der Waals surface area contributed by atoms with Crippen molar-refractivity contribution in [3.8, 4) is 0 Å². The zero-order valence-electron chi connectivity index (χ0n) is 12.7. The largest absolute Gasteiger partial charge is 0.398 e. The first kappa shape index (κ1) is 15.5. The molecule has 0 saturated heterocycles. The van der Waals surface area contributed by atoms with Gasteiger partial charge in [-0.3, -0.25) is 4.98 Å². The second kappa shape index (κ2) is 7.81. The summed E-state index contributed by atoms with van der Waals surface area (Å²) in [7, 11) is 3.45. The highest BCUT2D eigenvalue weighted by molar-refractivity contribution is 6.00. The van der Waals surface area contributed by atoms with E-state index in [1.165, 1.54) is 0 Å². The lowest BCUT2D eigenvalue weighted by Gasteiger charge is -2.26. The molecule has 2 rings (SSSR count). The fraction of sp³-hybridized carbons (Fsp3) is 0.438. The third kappa shape index (κ3) is 3.83. The average Bonchev–Trinajstić information content (AvgIpc) is 2.52. The van der Waals surface area contributed by atoms with E-state index in [4.69, 9.17) is 15.2 Å². The number of benzene rings is 1. The van der Waals surface area contributed by atoms with Gasteiger partial charge in [0.2, 0.25) is 0 Å². The zero-order chi connectivity index (χ0) is 15.1. The molecule has 0 aliphatic rings. The third-order valence-electron chi connectivity index (χ3n) is 3.51. The predicted octanol–water partition coefficient (Wildman–Crippen LogP) is 2.31. The van der Waals surface area contributed by atoms with Crippen molar-refractivity contribution < 1.29 is 9.47 Å². The number of nitrogens with zero attached hydrogens (tertiary/aromatic N) is 2. The van der Waals surface area contributed by atoms with Crippen molar-refractivity contribution in [3.05, 3.63) is 30.6 Å². The van der Waals surface area contributed by atoms with Crippen molar-refractivity contribution in [1.29, 1.82) is 0 Å². The van der Waals surface area contributed by atoms with Crippen LogP contribution in [-0.2, 0) is 9.47 Å². The molecule has 0 radical (unpaired) electrons. The molecule has 21 heavy (non-hydrogen) atoms. The number of anilines is 2. The zero-order valence-corrected chi connectivity index (χ0v) is 12.7. The van der Waals surface area contributed by atoms with E-state index in [2.05, 4.69) is 16.0 Å². The van der Waals surface area contributed by atoms with Crippen LogP contribution in [0.15, 0.2) is 30.6 Å². The second-order valence-corrected chi connectivity index (χ2v) is 4.92. The minimum Gasteiger partial charge on any atom is -0.398 e. The molecule has 0 bridgehead atoms. The molecule has 0 aliphatic carbocycles. The maximum atomic E-state index is 6.04. The fourth-order valence-electron chi connectivity index (χ4n) is 2.43. The molecule has 2 N–H and O–H groups in total. The lowest BCUT2D eigenvalue weighted by Crippen LogP contribution is -2.29. The van der Waals surface area contributed by atoms with Crippen molar-refractivity contribution in [3.63, 3.8) is 0 Å². The number of nitrogens with two attached hydrogens (primary N) is 1. The molecule has 5 nitrogen and oxygen atoms in total. The Morgan fingerprint density at radius 1 is 1.05 bits per heavy atom. The number of ether oxygens (including phenoxy) is 2. The first-order valence-electron chi connectivity index (χ1n) is 7.13. The van der Waals surface area contributed by atoms with Crippen molar-refractivity contribution in [1.82, 2.24) is 4.98 Å². The first-order valence-corrected chi connectivity index (χ1v) is 7.13. The van der Waals surface area contributed by atoms with Gasteiger partial charge in [0.1, 0.15) is 0 Å². The number of fused-ring (bicyclic) bond motifs is 1. The van der Waals surface area contributed by atoms with E-state index in [1.54, 1.807) is 20.4 Å². The van der Waals surface area contributed by atoms with E-state index in [9.17, 15) is 0 Å². The Hall–Kier alpha value is -1.85. The van der Waals surface area contributed by atoms with Crippen LogP contribution in [0.5, 0.6) is 0 Å². The maximum Gasteiger partial charge on any atom is 0.0637 e. The summed E-state index contributed by atoms with van der Waals surface area (Å²) in [5.41, 5.74) is 7.96. The highest BCUT2D eigenvalue weighted by Crippen LogP contribution is 2.30. The Morgan fingerprint density at radius 2 is 1.86 bits per heavy atom. The third-order valence-corrected chi connectivity index (χ3v) is 3.51. The quantitative estimate of drug-likeness (QED) is 0.597. The molecule has 0 aliphatic heterocycles. The maximum absolute atomic E-state index is 6.04. The summed E-state index contributed by atoms with van der Waals surface area (Å²) in [6.45, 7) is 3.18. The monoisotopic (exact) mass is 289 g/mol. The Kier molecular flexibility index (Phi) is 5.78. The van der Waals surface area contributed by atoms with Crippen LogP contribution in [0.4, 0.5) is 11.4 Å². The minimum atomic E-state index is 0.684. The molecule has 114 valence electrons. The second-order valence-electron chi connectivity index (χ2n) is 4.92. The minimum absolute atomic E-state index is 0.684. The SMILES string of the molecule is COCCCN(CCOC)c1ccc(N)c2cnccc12. The smallest absolute Gasteiger partial charge is 0.0637 e. The van der Waals surface area contributed by atoms with Crippen LogP contribution in [0.3, 0.4) is 0 Å². The van der Waals surface area contributed by atoms with Gasteiger partial charge in [0.05, 0.1) is 6.61 Å². The molecular formula is C16H23N3O2. The molecule has 1 aromatic carbocycles. The Labute approximate surface area is 125 Å². The van der Waals surface area contributed by atoms with E-state index < -0.39 is 0 Å². The standard InChI is InChI=1S/C16H23N3O2/c1-20-10-3-8-19(9-11-21-2)16-5-4-15(17)14-12-18-7-6-13(14)16/h4-7,12H,3,8-11,17H2,1-2H3. The molecule has 0 atom stereocenters. The highest BCUT2D eigenvalue weighted by atomic mass is 16.5. The molecule has 2 aromatic rings. The van der Waals surface area contributed by atoms with Crippen molar-refractivity contribution in [2.45, 2.75) is 6.42 Å². The Bertz CT molecular complexity index is 574. The van der Waals surface area contributed by atoms with Crippen molar-refractivity contribution in [2.75, 3.05) is 51.2 Å². The van der Waals surface area contributed by atoms with Gasteiger partial charge in [-0.15, -0.1) is 0 Å². The molecular weight excluding hydrogens is 266 g/mol. The number of nitrogen functional groups attached to an aromatic ring is 1. The number of hydrogen-bond donors (Lipinski definition) is 1. The van der Waals surface area contributed by atoms with Crippen LogP contribution in [0.1, 0.15) is 6.42 Å². The number of hydrogen-bond acceptors (Lipinski definition) is 5. The first-order chi connectivity index (χ1) is 10.3. The van der Waals surface area contributed by atoms with Crippen LogP contribution in [0, 0.1) is 0 Å². The van der Waals surface area contributed by atoms with E-state index >= 15 is 0 Å². The van der Waals surface area contributed by atoms with Crippen LogP contribution in [-0.4, -0.2) is 45.5 Å². The van der Waals surface area contributed by atoms with Gasteiger partial charge in [-0.25, -0.2) is 0 Å². The van der Waals surface area contributed by atoms with Gasteiger partial charge in [-0.05, 0) is 24.6 Å². The summed E-state index contributed by atoms with van der Waals surface area (Å²) in [5.74, 6) is 0. The van der Waals surface area contributed by atoms with Crippen molar-refractivity contribution in [2.24, 2.45) is 0 Å². The highest BCUT2D eigenvalue weighted by Gasteiger charge is 2.11. The molecule has 0 unspecified atom stereocenters. The topological polar surface area (TPSA) is 60.6 Å². The summed E-state index contributed by atoms with van der Waals surface area (Å²) in [6, 6.07) is 6.02. The number of methoxy groups -OCH3 is 2. The molecule has 0 fully saturated rings.